The average molecular weight is 311 g/mol. The molecule has 1 unspecified atom stereocenters. The molecule has 2 rings (SSSR count). The summed E-state index contributed by atoms with van der Waals surface area (Å²) in [6.07, 6.45) is 1.51. The number of oxime groups is 1. The second kappa shape index (κ2) is 6.44. The molecule has 1 aliphatic rings. The molecule has 0 aromatic heterocycles. The van der Waals surface area contributed by atoms with Crippen LogP contribution in [0, 0.1) is 6.92 Å². The van der Waals surface area contributed by atoms with Crippen molar-refractivity contribution in [2.45, 2.75) is 31.6 Å². The van der Waals surface area contributed by atoms with Gasteiger partial charge in [-0.05, 0) is 37.0 Å². The molecular weight excluding hydrogens is 290 g/mol. The van der Waals surface area contributed by atoms with Crippen molar-refractivity contribution in [1.82, 2.24) is 5.32 Å². The second-order valence-corrected chi connectivity index (χ2v) is 7.79. The molecule has 0 bridgehead atoms. The Kier molecular flexibility index (Phi) is 4.84. The molecule has 0 amide bonds. The molecule has 1 fully saturated rings. The normalized spacial score (nSPS) is 21.6. The van der Waals surface area contributed by atoms with Crippen LogP contribution in [-0.4, -0.2) is 37.0 Å². The molecule has 0 spiro atoms. The second-order valence-electron chi connectivity index (χ2n) is 5.39. The van der Waals surface area contributed by atoms with Gasteiger partial charge in [0.2, 0.25) is 0 Å². The quantitative estimate of drug-likeness (QED) is 0.322. The molecular formula is C14H21N3O3S. The molecule has 6 nitrogen and oxygen atoms in total. The van der Waals surface area contributed by atoms with Crippen molar-refractivity contribution in [3.63, 3.8) is 0 Å². The topological polar surface area (TPSA) is 105 Å². The standard InChI is InChI=1S/C14H21N3O3S/c1-10-7-11(14(15)17-18)4-5-12(10)8-16-9-13-3-2-6-21(13,19)20/h4-5,7,13,16,18H,2-3,6,8-9H2,1H3,(H2,15,17). The number of nitrogens with zero attached hydrogens (tertiary/aromatic N) is 1. The molecule has 0 saturated carbocycles. The van der Waals surface area contributed by atoms with Gasteiger partial charge in [0.05, 0.1) is 11.0 Å². The third-order valence-electron chi connectivity index (χ3n) is 3.90. The summed E-state index contributed by atoms with van der Waals surface area (Å²) in [4.78, 5) is 0. The van der Waals surface area contributed by atoms with E-state index in [-0.39, 0.29) is 11.1 Å². The number of benzene rings is 1. The SMILES string of the molecule is Cc1cc(/C(N)=N/O)ccc1CNCC1CCCS1(=O)=O. The van der Waals surface area contributed by atoms with Gasteiger partial charge >= 0.3 is 0 Å². The van der Waals surface area contributed by atoms with Crippen LogP contribution < -0.4 is 11.1 Å². The van der Waals surface area contributed by atoms with E-state index in [0.717, 1.165) is 24.0 Å². The van der Waals surface area contributed by atoms with Crippen LogP contribution in [0.4, 0.5) is 0 Å². The van der Waals surface area contributed by atoms with Gasteiger partial charge in [0, 0.05) is 18.7 Å². The van der Waals surface area contributed by atoms with Crippen molar-refractivity contribution < 1.29 is 13.6 Å². The molecule has 1 aromatic carbocycles. The number of nitrogens with one attached hydrogen (secondary N) is 1. The molecule has 1 heterocycles. The lowest BCUT2D eigenvalue weighted by atomic mass is 10.0. The Labute approximate surface area is 125 Å². The molecule has 1 aromatic rings. The predicted octanol–water partition coefficient (Wildman–Crippen LogP) is 0.756. The monoisotopic (exact) mass is 311 g/mol. The van der Waals surface area contributed by atoms with Gasteiger partial charge in [-0.3, -0.25) is 0 Å². The van der Waals surface area contributed by atoms with E-state index in [1.165, 1.54) is 0 Å². The Bertz CT molecular complexity index is 641. The van der Waals surface area contributed by atoms with Crippen LogP contribution in [-0.2, 0) is 16.4 Å². The summed E-state index contributed by atoms with van der Waals surface area (Å²) < 4.78 is 23.5. The molecule has 1 aliphatic heterocycles. The minimum atomic E-state index is -2.90. The molecule has 0 radical (unpaired) electrons. The van der Waals surface area contributed by atoms with Crippen LogP contribution in [0.3, 0.4) is 0 Å². The van der Waals surface area contributed by atoms with E-state index in [4.69, 9.17) is 10.9 Å². The molecule has 0 aliphatic carbocycles. The van der Waals surface area contributed by atoms with E-state index in [1.54, 1.807) is 6.07 Å². The lowest BCUT2D eigenvalue weighted by Crippen LogP contribution is -2.30. The maximum Gasteiger partial charge on any atom is 0.170 e. The third-order valence-corrected chi connectivity index (χ3v) is 6.17. The van der Waals surface area contributed by atoms with Gasteiger partial charge in [0.15, 0.2) is 15.7 Å². The van der Waals surface area contributed by atoms with Gasteiger partial charge < -0.3 is 16.3 Å². The van der Waals surface area contributed by atoms with Crippen molar-refractivity contribution >= 4 is 15.7 Å². The van der Waals surface area contributed by atoms with Crippen LogP contribution in [0.5, 0.6) is 0 Å². The van der Waals surface area contributed by atoms with E-state index >= 15 is 0 Å². The van der Waals surface area contributed by atoms with Crippen LogP contribution in [0.15, 0.2) is 23.4 Å². The first-order chi connectivity index (χ1) is 9.94. The summed E-state index contributed by atoms with van der Waals surface area (Å²) in [5.41, 5.74) is 8.29. The Morgan fingerprint density at radius 1 is 1.52 bits per heavy atom. The highest BCUT2D eigenvalue weighted by Gasteiger charge is 2.30. The highest BCUT2D eigenvalue weighted by Crippen LogP contribution is 2.19. The zero-order valence-corrected chi connectivity index (χ0v) is 12.9. The Hall–Kier alpha value is -1.60. The van der Waals surface area contributed by atoms with Gasteiger partial charge in [-0.25, -0.2) is 8.42 Å². The van der Waals surface area contributed by atoms with Crippen molar-refractivity contribution in [1.29, 1.82) is 0 Å². The zero-order valence-electron chi connectivity index (χ0n) is 12.0. The number of hydrogen-bond donors (Lipinski definition) is 3. The zero-order chi connectivity index (χ0) is 15.5. The van der Waals surface area contributed by atoms with Crippen LogP contribution in [0.25, 0.3) is 0 Å². The first kappa shape index (κ1) is 15.8. The van der Waals surface area contributed by atoms with E-state index in [0.29, 0.717) is 24.4 Å². The first-order valence-electron chi connectivity index (χ1n) is 6.94. The number of amidine groups is 1. The largest absolute Gasteiger partial charge is 0.409 e. The number of aryl methyl sites for hydroxylation is 1. The maximum absolute atomic E-state index is 11.7. The number of hydrogen-bond acceptors (Lipinski definition) is 5. The first-order valence-corrected chi connectivity index (χ1v) is 8.65. The van der Waals surface area contributed by atoms with Gasteiger partial charge in [-0.2, -0.15) is 0 Å². The fraction of sp³-hybridized carbons (Fsp3) is 0.500. The minimum Gasteiger partial charge on any atom is -0.409 e. The van der Waals surface area contributed by atoms with Crippen molar-refractivity contribution in [3.05, 3.63) is 34.9 Å². The van der Waals surface area contributed by atoms with Crippen molar-refractivity contribution in [3.8, 4) is 0 Å². The van der Waals surface area contributed by atoms with E-state index in [9.17, 15) is 8.42 Å². The van der Waals surface area contributed by atoms with Gasteiger partial charge in [0.1, 0.15) is 0 Å². The van der Waals surface area contributed by atoms with Gasteiger partial charge in [-0.1, -0.05) is 17.3 Å². The summed E-state index contributed by atoms with van der Waals surface area (Å²) in [6.45, 7) is 3.04. The Morgan fingerprint density at radius 2 is 2.29 bits per heavy atom. The Morgan fingerprint density at radius 3 is 2.86 bits per heavy atom. The molecule has 116 valence electrons. The lowest BCUT2D eigenvalue weighted by molar-refractivity contribution is 0.318. The van der Waals surface area contributed by atoms with Crippen LogP contribution in [0.1, 0.15) is 29.5 Å². The van der Waals surface area contributed by atoms with Crippen molar-refractivity contribution in [2.24, 2.45) is 10.9 Å². The van der Waals surface area contributed by atoms with Crippen LogP contribution >= 0.6 is 0 Å². The van der Waals surface area contributed by atoms with Crippen molar-refractivity contribution in [2.75, 3.05) is 12.3 Å². The van der Waals surface area contributed by atoms with E-state index < -0.39 is 9.84 Å². The highest BCUT2D eigenvalue weighted by molar-refractivity contribution is 7.92. The summed E-state index contributed by atoms with van der Waals surface area (Å²) in [7, 11) is -2.90. The van der Waals surface area contributed by atoms with E-state index in [2.05, 4.69) is 10.5 Å². The van der Waals surface area contributed by atoms with Gasteiger partial charge in [0.25, 0.3) is 0 Å². The fourth-order valence-electron chi connectivity index (χ4n) is 2.57. The molecule has 21 heavy (non-hydrogen) atoms. The summed E-state index contributed by atoms with van der Waals surface area (Å²) in [5, 5.41) is 14.6. The van der Waals surface area contributed by atoms with Gasteiger partial charge in [-0.15, -0.1) is 0 Å². The molecule has 7 heteroatoms. The summed E-state index contributed by atoms with van der Waals surface area (Å²) >= 11 is 0. The summed E-state index contributed by atoms with van der Waals surface area (Å²) in [5.74, 6) is 0.391. The third kappa shape index (κ3) is 3.74. The molecule has 4 N–H and O–H groups in total. The molecule has 1 saturated heterocycles. The summed E-state index contributed by atoms with van der Waals surface area (Å²) in [6, 6.07) is 5.53. The fourth-order valence-corrected chi connectivity index (χ4v) is 4.37. The predicted molar refractivity (Wildman–Crippen MR) is 82.2 cm³/mol. The lowest BCUT2D eigenvalue weighted by Gasteiger charge is -2.12. The van der Waals surface area contributed by atoms with Crippen LogP contribution in [0.2, 0.25) is 0 Å². The number of sulfone groups is 1. The maximum atomic E-state index is 11.7. The van der Waals surface area contributed by atoms with E-state index in [1.807, 2.05) is 19.1 Å². The Balaban J connectivity index is 1.95. The average Bonchev–Trinajstić information content (AvgIpc) is 2.78. The minimum absolute atomic E-state index is 0.0784. The number of nitrogens with two attached hydrogens (primary N) is 1. The smallest absolute Gasteiger partial charge is 0.170 e. The number of rotatable bonds is 5. The molecule has 1 atom stereocenters. The highest BCUT2D eigenvalue weighted by atomic mass is 32.2.